The summed E-state index contributed by atoms with van der Waals surface area (Å²) >= 11 is 0. The Labute approximate surface area is 97.6 Å². The Morgan fingerprint density at radius 3 is 2.41 bits per heavy atom. The molecule has 1 aromatic rings. The molecule has 5 heteroatoms. The van der Waals surface area contributed by atoms with Gasteiger partial charge in [-0.1, -0.05) is 18.9 Å². The summed E-state index contributed by atoms with van der Waals surface area (Å²) in [7, 11) is 0. The molecule has 0 radical (unpaired) electrons. The van der Waals surface area contributed by atoms with Gasteiger partial charge in [-0.3, -0.25) is 0 Å². The predicted molar refractivity (Wildman–Crippen MR) is 57.4 cm³/mol. The van der Waals surface area contributed by atoms with Crippen LogP contribution in [-0.4, -0.2) is 6.61 Å². The number of ether oxygens (including phenoxy) is 1. The van der Waals surface area contributed by atoms with E-state index in [1.54, 1.807) is 0 Å². The highest BCUT2D eigenvalue weighted by molar-refractivity contribution is 5.34. The van der Waals surface area contributed by atoms with E-state index in [1.165, 1.54) is 12.1 Å². The largest absolute Gasteiger partial charge is 0.435 e. The SMILES string of the molecule is NC1(c2ccc(OC(F)F)cc2F)CCCC1. The zero-order chi connectivity index (χ0) is 12.5. The highest BCUT2D eigenvalue weighted by Gasteiger charge is 2.33. The van der Waals surface area contributed by atoms with Crippen LogP contribution in [-0.2, 0) is 5.54 Å². The lowest BCUT2D eigenvalue weighted by Gasteiger charge is -2.24. The van der Waals surface area contributed by atoms with E-state index >= 15 is 0 Å². The molecule has 0 atom stereocenters. The van der Waals surface area contributed by atoms with E-state index in [2.05, 4.69) is 4.74 Å². The van der Waals surface area contributed by atoms with E-state index in [4.69, 9.17) is 5.73 Å². The van der Waals surface area contributed by atoms with Crippen molar-refractivity contribution in [2.24, 2.45) is 5.73 Å². The molecule has 2 N–H and O–H groups in total. The van der Waals surface area contributed by atoms with Crippen LogP contribution >= 0.6 is 0 Å². The fourth-order valence-electron chi connectivity index (χ4n) is 2.35. The summed E-state index contributed by atoms with van der Waals surface area (Å²) in [5.74, 6) is -0.754. The van der Waals surface area contributed by atoms with Gasteiger partial charge in [0.15, 0.2) is 0 Å². The van der Waals surface area contributed by atoms with Gasteiger partial charge in [0.1, 0.15) is 11.6 Å². The highest BCUT2D eigenvalue weighted by Crippen LogP contribution is 2.38. The number of benzene rings is 1. The van der Waals surface area contributed by atoms with Crippen molar-refractivity contribution in [1.29, 1.82) is 0 Å². The summed E-state index contributed by atoms with van der Waals surface area (Å²) in [5.41, 5.74) is 5.83. The number of alkyl halides is 2. The Kier molecular flexibility index (Phi) is 3.28. The minimum atomic E-state index is -2.95. The zero-order valence-electron chi connectivity index (χ0n) is 9.26. The highest BCUT2D eigenvalue weighted by atomic mass is 19.3. The summed E-state index contributed by atoms with van der Waals surface area (Å²) in [4.78, 5) is 0. The van der Waals surface area contributed by atoms with E-state index in [0.717, 1.165) is 31.7 Å². The minimum Gasteiger partial charge on any atom is -0.435 e. The van der Waals surface area contributed by atoms with Gasteiger partial charge in [-0.15, -0.1) is 0 Å². The summed E-state index contributed by atoms with van der Waals surface area (Å²) in [5, 5.41) is 0. The van der Waals surface area contributed by atoms with Crippen molar-refractivity contribution in [3.8, 4) is 5.75 Å². The van der Waals surface area contributed by atoms with E-state index < -0.39 is 18.0 Å². The molecule has 94 valence electrons. The number of halogens is 3. The molecule has 1 aliphatic rings. The van der Waals surface area contributed by atoms with E-state index in [9.17, 15) is 13.2 Å². The minimum absolute atomic E-state index is 0.178. The molecule has 0 amide bonds. The lowest BCUT2D eigenvalue weighted by molar-refractivity contribution is -0.0500. The normalized spacial score (nSPS) is 18.6. The number of hydrogen-bond donors (Lipinski definition) is 1. The van der Waals surface area contributed by atoms with Crippen LogP contribution in [0.2, 0.25) is 0 Å². The van der Waals surface area contributed by atoms with E-state index in [-0.39, 0.29) is 5.75 Å². The third-order valence-electron chi connectivity index (χ3n) is 3.20. The molecule has 0 aromatic heterocycles. The van der Waals surface area contributed by atoms with Gasteiger partial charge < -0.3 is 10.5 Å². The molecular weight excluding hydrogens is 231 g/mol. The molecule has 0 spiro atoms. The van der Waals surface area contributed by atoms with Crippen LogP contribution in [0.1, 0.15) is 31.2 Å². The number of nitrogens with two attached hydrogens (primary N) is 1. The molecule has 0 saturated heterocycles. The standard InChI is InChI=1S/C12H14F3NO/c13-10-7-8(17-11(14)15)3-4-9(10)12(16)5-1-2-6-12/h3-4,7,11H,1-2,5-6,16H2. The second kappa shape index (κ2) is 4.56. The van der Waals surface area contributed by atoms with Crippen molar-refractivity contribution in [1.82, 2.24) is 0 Å². The summed E-state index contributed by atoms with van der Waals surface area (Å²) in [6.07, 6.45) is 3.37. The first-order valence-corrected chi connectivity index (χ1v) is 5.55. The van der Waals surface area contributed by atoms with Crippen LogP contribution in [0.3, 0.4) is 0 Å². The monoisotopic (exact) mass is 245 g/mol. The van der Waals surface area contributed by atoms with Gasteiger partial charge in [-0.05, 0) is 18.9 Å². The van der Waals surface area contributed by atoms with Crippen molar-refractivity contribution in [3.05, 3.63) is 29.6 Å². The Hall–Kier alpha value is -1.23. The van der Waals surface area contributed by atoms with Gasteiger partial charge in [0.2, 0.25) is 0 Å². The average Bonchev–Trinajstić information content (AvgIpc) is 2.65. The summed E-state index contributed by atoms with van der Waals surface area (Å²) < 4.78 is 41.8. The van der Waals surface area contributed by atoms with Crippen LogP contribution in [0.15, 0.2) is 18.2 Å². The molecular formula is C12H14F3NO. The van der Waals surface area contributed by atoms with Gasteiger partial charge in [-0.2, -0.15) is 8.78 Å². The first-order valence-electron chi connectivity index (χ1n) is 5.55. The van der Waals surface area contributed by atoms with E-state index in [0.29, 0.717) is 5.56 Å². The van der Waals surface area contributed by atoms with Crippen molar-refractivity contribution in [3.63, 3.8) is 0 Å². The van der Waals surface area contributed by atoms with Crippen LogP contribution in [0.4, 0.5) is 13.2 Å². The van der Waals surface area contributed by atoms with Crippen molar-refractivity contribution >= 4 is 0 Å². The number of rotatable bonds is 3. The van der Waals surface area contributed by atoms with Crippen molar-refractivity contribution in [2.75, 3.05) is 0 Å². The second-order valence-electron chi connectivity index (χ2n) is 4.38. The molecule has 0 bridgehead atoms. The molecule has 0 aliphatic heterocycles. The van der Waals surface area contributed by atoms with Gasteiger partial charge in [0.25, 0.3) is 0 Å². The topological polar surface area (TPSA) is 35.2 Å². The third kappa shape index (κ3) is 2.54. The van der Waals surface area contributed by atoms with Crippen molar-refractivity contribution < 1.29 is 17.9 Å². The van der Waals surface area contributed by atoms with Gasteiger partial charge >= 0.3 is 6.61 Å². The van der Waals surface area contributed by atoms with Crippen LogP contribution in [0.5, 0.6) is 5.75 Å². The molecule has 0 unspecified atom stereocenters. The smallest absolute Gasteiger partial charge is 0.387 e. The Balaban J connectivity index is 2.25. The molecule has 1 saturated carbocycles. The number of hydrogen-bond acceptors (Lipinski definition) is 2. The summed E-state index contributed by atoms with van der Waals surface area (Å²) in [6.45, 7) is -2.95. The molecule has 1 aromatic carbocycles. The molecule has 17 heavy (non-hydrogen) atoms. The zero-order valence-corrected chi connectivity index (χ0v) is 9.26. The maximum atomic E-state index is 13.8. The maximum absolute atomic E-state index is 13.8. The lowest BCUT2D eigenvalue weighted by Crippen LogP contribution is -2.34. The van der Waals surface area contributed by atoms with Crippen LogP contribution in [0.25, 0.3) is 0 Å². The summed E-state index contributed by atoms with van der Waals surface area (Å²) in [6, 6.07) is 3.74. The van der Waals surface area contributed by atoms with Crippen LogP contribution in [0, 0.1) is 5.82 Å². The first kappa shape index (κ1) is 12.2. The van der Waals surface area contributed by atoms with E-state index in [1.807, 2.05) is 0 Å². The molecule has 0 heterocycles. The average molecular weight is 245 g/mol. The molecule has 2 rings (SSSR count). The Morgan fingerprint density at radius 1 is 1.24 bits per heavy atom. The Morgan fingerprint density at radius 2 is 1.88 bits per heavy atom. The third-order valence-corrected chi connectivity index (χ3v) is 3.20. The first-order chi connectivity index (χ1) is 8.01. The predicted octanol–water partition coefficient (Wildman–Crippen LogP) is 3.16. The quantitative estimate of drug-likeness (QED) is 0.887. The molecule has 1 fully saturated rings. The lowest BCUT2D eigenvalue weighted by atomic mass is 9.89. The van der Waals surface area contributed by atoms with Gasteiger partial charge in [0, 0.05) is 17.2 Å². The second-order valence-corrected chi connectivity index (χ2v) is 4.38. The van der Waals surface area contributed by atoms with Gasteiger partial charge in [0.05, 0.1) is 0 Å². The van der Waals surface area contributed by atoms with Crippen molar-refractivity contribution in [2.45, 2.75) is 37.8 Å². The molecule has 2 nitrogen and oxygen atoms in total. The molecule has 1 aliphatic carbocycles. The fraction of sp³-hybridized carbons (Fsp3) is 0.500. The van der Waals surface area contributed by atoms with Crippen LogP contribution < -0.4 is 10.5 Å². The maximum Gasteiger partial charge on any atom is 0.387 e. The van der Waals surface area contributed by atoms with Gasteiger partial charge in [-0.25, -0.2) is 4.39 Å². The Bertz CT molecular complexity index is 403. The fourth-order valence-corrected chi connectivity index (χ4v) is 2.35.